The van der Waals surface area contributed by atoms with Gasteiger partial charge in [-0.3, -0.25) is 29.4 Å². The van der Waals surface area contributed by atoms with E-state index >= 15 is 0 Å². The van der Waals surface area contributed by atoms with E-state index in [1.807, 2.05) is 44.2 Å². The van der Waals surface area contributed by atoms with Gasteiger partial charge in [-0.05, 0) is 42.5 Å². The van der Waals surface area contributed by atoms with Crippen molar-refractivity contribution in [1.82, 2.24) is 15.5 Å². The number of carboxylic acids is 1. The van der Waals surface area contributed by atoms with Crippen LogP contribution in [-0.4, -0.2) is 59.4 Å². The van der Waals surface area contributed by atoms with Crippen LogP contribution in [0.5, 0.6) is 5.75 Å². The monoisotopic (exact) mass is 481 g/mol. The number of hydrogen-bond donors (Lipinski definition) is 3. The number of rotatable bonds is 12. The third-order valence-electron chi connectivity index (χ3n) is 5.85. The van der Waals surface area contributed by atoms with Gasteiger partial charge in [0.2, 0.25) is 5.91 Å². The fourth-order valence-corrected chi connectivity index (χ4v) is 4.01. The van der Waals surface area contributed by atoms with Gasteiger partial charge in [0.15, 0.2) is 0 Å². The predicted octanol–water partition coefficient (Wildman–Crippen LogP) is 2.46. The maximum atomic E-state index is 12.9. The van der Waals surface area contributed by atoms with Crippen molar-refractivity contribution in [1.29, 1.82) is 0 Å². The zero-order valence-corrected chi connectivity index (χ0v) is 20.1. The maximum Gasteiger partial charge on any atom is 0.320 e. The molecule has 0 aromatic heterocycles. The van der Waals surface area contributed by atoms with Crippen LogP contribution in [-0.2, 0) is 16.1 Å². The number of imide groups is 1. The molecule has 9 nitrogen and oxygen atoms in total. The first-order valence-electron chi connectivity index (χ1n) is 11.6. The topological polar surface area (TPSA) is 125 Å². The van der Waals surface area contributed by atoms with Crippen molar-refractivity contribution in [2.75, 3.05) is 13.7 Å². The molecule has 9 heteroatoms. The molecule has 3 rings (SSSR count). The van der Waals surface area contributed by atoms with E-state index in [0.717, 1.165) is 10.5 Å². The molecule has 2 aromatic carbocycles. The van der Waals surface area contributed by atoms with Crippen molar-refractivity contribution < 1.29 is 29.0 Å². The lowest BCUT2D eigenvalue weighted by Gasteiger charge is -2.25. The first kappa shape index (κ1) is 25.9. The maximum absolute atomic E-state index is 12.9. The Labute approximate surface area is 204 Å². The van der Waals surface area contributed by atoms with Gasteiger partial charge in [-0.15, -0.1) is 0 Å². The number of methoxy groups -OCH3 is 1. The summed E-state index contributed by atoms with van der Waals surface area (Å²) in [5, 5.41) is 15.6. The summed E-state index contributed by atoms with van der Waals surface area (Å²) in [5.41, 5.74) is 1.42. The third-order valence-corrected chi connectivity index (χ3v) is 5.85. The van der Waals surface area contributed by atoms with E-state index in [2.05, 4.69) is 10.6 Å². The molecule has 0 radical (unpaired) electrons. The summed E-state index contributed by atoms with van der Waals surface area (Å²) in [5.74, 6) is -1.84. The second kappa shape index (κ2) is 11.6. The van der Waals surface area contributed by atoms with Crippen LogP contribution in [0.4, 0.5) is 0 Å². The minimum atomic E-state index is -1.16. The van der Waals surface area contributed by atoms with E-state index in [1.165, 1.54) is 19.2 Å². The molecule has 1 aliphatic rings. The number of amides is 3. The zero-order valence-electron chi connectivity index (χ0n) is 20.1. The molecule has 1 aliphatic heterocycles. The molecule has 1 unspecified atom stereocenters. The number of fused-ring (bicyclic) bond motifs is 1. The normalized spacial score (nSPS) is 14.6. The van der Waals surface area contributed by atoms with Crippen LogP contribution in [0.1, 0.15) is 53.0 Å². The van der Waals surface area contributed by atoms with Crippen LogP contribution >= 0.6 is 0 Å². The van der Waals surface area contributed by atoms with Crippen molar-refractivity contribution in [2.24, 2.45) is 5.92 Å². The highest BCUT2D eigenvalue weighted by Crippen LogP contribution is 2.27. The second-order valence-electron chi connectivity index (χ2n) is 8.91. The van der Waals surface area contributed by atoms with Gasteiger partial charge >= 0.3 is 5.97 Å². The van der Waals surface area contributed by atoms with Crippen LogP contribution in [0.3, 0.4) is 0 Å². The summed E-state index contributed by atoms with van der Waals surface area (Å²) in [6.07, 6.45) is 0.385. The van der Waals surface area contributed by atoms with Gasteiger partial charge in [0.1, 0.15) is 11.8 Å². The predicted molar refractivity (Wildman–Crippen MR) is 129 cm³/mol. The highest BCUT2D eigenvalue weighted by atomic mass is 16.5. The van der Waals surface area contributed by atoms with Crippen molar-refractivity contribution in [3.63, 3.8) is 0 Å². The first-order chi connectivity index (χ1) is 16.7. The number of carbonyl (C=O) groups excluding carboxylic acids is 3. The van der Waals surface area contributed by atoms with E-state index in [4.69, 9.17) is 4.74 Å². The van der Waals surface area contributed by atoms with E-state index in [0.29, 0.717) is 18.7 Å². The Morgan fingerprint density at radius 3 is 2.31 bits per heavy atom. The number of carbonyl (C=O) groups is 4. The SMILES string of the molecule is COc1ccc2c(c1)C(=O)N(CCC(N[C@H](CC(C)C)C(=O)NCc1ccccc1)C(=O)O)C2=O. The molecule has 0 saturated carbocycles. The molecular formula is C26H31N3O6. The van der Waals surface area contributed by atoms with Crippen molar-refractivity contribution in [2.45, 2.75) is 45.3 Å². The molecule has 0 fully saturated rings. The van der Waals surface area contributed by atoms with E-state index < -0.39 is 29.9 Å². The molecule has 35 heavy (non-hydrogen) atoms. The summed E-state index contributed by atoms with van der Waals surface area (Å²) in [7, 11) is 1.47. The summed E-state index contributed by atoms with van der Waals surface area (Å²) in [4.78, 5) is 51.4. The smallest absolute Gasteiger partial charge is 0.320 e. The fourth-order valence-electron chi connectivity index (χ4n) is 4.01. The van der Waals surface area contributed by atoms with Crippen LogP contribution in [0.15, 0.2) is 48.5 Å². The van der Waals surface area contributed by atoms with Gasteiger partial charge in [0, 0.05) is 13.1 Å². The molecule has 3 N–H and O–H groups in total. The number of nitrogens with one attached hydrogen (secondary N) is 2. The Kier molecular flexibility index (Phi) is 8.59. The minimum absolute atomic E-state index is 0.0432. The zero-order chi connectivity index (χ0) is 25.5. The summed E-state index contributed by atoms with van der Waals surface area (Å²) in [6.45, 7) is 4.12. The Morgan fingerprint density at radius 1 is 1.00 bits per heavy atom. The molecular weight excluding hydrogens is 450 g/mol. The molecule has 2 aromatic rings. The highest BCUT2D eigenvalue weighted by Gasteiger charge is 2.37. The van der Waals surface area contributed by atoms with Crippen LogP contribution in [0.25, 0.3) is 0 Å². The number of ether oxygens (including phenoxy) is 1. The summed E-state index contributed by atoms with van der Waals surface area (Å²) >= 11 is 0. The van der Waals surface area contributed by atoms with Gasteiger partial charge in [0.05, 0.1) is 24.3 Å². The second-order valence-corrected chi connectivity index (χ2v) is 8.91. The first-order valence-corrected chi connectivity index (χ1v) is 11.6. The van der Waals surface area contributed by atoms with Gasteiger partial charge in [-0.25, -0.2) is 0 Å². The van der Waals surface area contributed by atoms with Crippen molar-refractivity contribution in [3.05, 3.63) is 65.2 Å². The minimum Gasteiger partial charge on any atom is -0.497 e. The lowest BCUT2D eigenvalue weighted by Crippen LogP contribution is -2.52. The van der Waals surface area contributed by atoms with Gasteiger partial charge in [0.25, 0.3) is 11.8 Å². The summed E-state index contributed by atoms with van der Waals surface area (Å²) in [6, 6.07) is 12.2. The molecule has 0 bridgehead atoms. The lowest BCUT2D eigenvalue weighted by atomic mass is 10.0. The number of hydrogen-bond acceptors (Lipinski definition) is 6. The highest BCUT2D eigenvalue weighted by molar-refractivity contribution is 6.21. The van der Waals surface area contributed by atoms with Crippen molar-refractivity contribution in [3.8, 4) is 5.75 Å². The van der Waals surface area contributed by atoms with Gasteiger partial charge < -0.3 is 15.2 Å². The van der Waals surface area contributed by atoms with E-state index in [9.17, 15) is 24.3 Å². The third kappa shape index (κ3) is 6.45. The van der Waals surface area contributed by atoms with Gasteiger partial charge in [-0.2, -0.15) is 0 Å². The molecule has 0 spiro atoms. The van der Waals surface area contributed by atoms with E-state index in [1.54, 1.807) is 6.07 Å². The number of benzene rings is 2. The molecule has 186 valence electrons. The molecule has 0 aliphatic carbocycles. The Balaban J connectivity index is 1.66. The standard InChI is InChI=1S/C26H31N3O6/c1-16(2)13-22(23(30)27-15-17-7-5-4-6-8-17)28-21(26(33)34)11-12-29-24(31)19-10-9-18(35-3)14-20(19)25(29)32/h4-10,14,16,21-22,28H,11-13,15H2,1-3H3,(H,27,30)(H,33,34)/t21?,22-/m1/s1. The Morgan fingerprint density at radius 2 is 1.69 bits per heavy atom. The number of carboxylic acid groups (broad SMARTS) is 1. The van der Waals surface area contributed by atoms with Crippen LogP contribution in [0.2, 0.25) is 0 Å². The van der Waals surface area contributed by atoms with Gasteiger partial charge in [-0.1, -0.05) is 44.2 Å². The van der Waals surface area contributed by atoms with Crippen LogP contribution in [0, 0.1) is 5.92 Å². The summed E-state index contributed by atoms with van der Waals surface area (Å²) < 4.78 is 5.13. The van der Waals surface area contributed by atoms with Crippen LogP contribution < -0.4 is 15.4 Å². The largest absolute Gasteiger partial charge is 0.497 e. The quantitative estimate of drug-likeness (QED) is 0.398. The fraction of sp³-hybridized carbons (Fsp3) is 0.385. The average molecular weight is 482 g/mol. The molecule has 2 atom stereocenters. The average Bonchev–Trinajstić information content (AvgIpc) is 3.08. The Hall–Kier alpha value is -3.72. The number of nitrogens with zero attached hydrogens (tertiary/aromatic N) is 1. The molecule has 3 amide bonds. The Bertz CT molecular complexity index is 1090. The van der Waals surface area contributed by atoms with E-state index in [-0.39, 0.29) is 35.9 Å². The van der Waals surface area contributed by atoms with Crippen molar-refractivity contribution >= 4 is 23.7 Å². The molecule has 1 heterocycles. The lowest BCUT2D eigenvalue weighted by molar-refractivity contribution is -0.140. The number of aliphatic carboxylic acids is 1. The molecule has 0 saturated heterocycles.